The molecule has 8 heteroatoms. The van der Waals surface area contributed by atoms with Crippen LogP contribution in [0, 0.1) is 5.92 Å². The highest BCUT2D eigenvalue weighted by atomic mass is 35.5. The van der Waals surface area contributed by atoms with Crippen molar-refractivity contribution in [3.05, 3.63) is 71.8 Å². The predicted molar refractivity (Wildman–Crippen MR) is 141 cm³/mol. The Labute approximate surface area is 217 Å². The SMILES string of the molecule is C=CC(=O)OCCNC(=O)OC(COc1ccc(C(CC)C(C)C)cc1)CSc1ccc(Cl)cc1. The minimum absolute atomic E-state index is 0.0299. The Hall–Kier alpha value is -2.64. The Morgan fingerprint density at radius 1 is 1.11 bits per heavy atom. The first-order valence-corrected chi connectivity index (χ1v) is 13.0. The topological polar surface area (TPSA) is 73.9 Å². The zero-order valence-electron chi connectivity index (χ0n) is 20.5. The van der Waals surface area contributed by atoms with E-state index in [2.05, 4.69) is 44.8 Å². The molecule has 1 N–H and O–H groups in total. The zero-order valence-corrected chi connectivity index (χ0v) is 22.1. The van der Waals surface area contributed by atoms with Crippen molar-refractivity contribution in [1.29, 1.82) is 0 Å². The van der Waals surface area contributed by atoms with E-state index < -0.39 is 18.2 Å². The lowest BCUT2D eigenvalue weighted by molar-refractivity contribution is -0.137. The number of carbonyl (C=O) groups is 2. The molecule has 2 aromatic rings. The summed E-state index contributed by atoms with van der Waals surface area (Å²) < 4.78 is 16.4. The van der Waals surface area contributed by atoms with Gasteiger partial charge in [-0.3, -0.25) is 0 Å². The molecule has 6 nitrogen and oxygen atoms in total. The van der Waals surface area contributed by atoms with E-state index in [4.69, 9.17) is 25.8 Å². The summed E-state index contributed by atoms with van der Waals surface area (Å²) in [4.78, 5) is 24.4. The number of esters is 1. The third-order valence-corrected chi connectivity index (χ3v) is 6.69. The summed E-state index contributed by atoms with van der Waals surface area (Å²) in [5.41, 5.74) is 1.29. The number of amides is 1. The molecule has 0 aliphatic carbocycles. The van der Waals surface area contributed by atoms with Crippen LogP contribution in [0.5, 0.6) is 5.75 Å². The lowest BCUT2D eigenvalue weighted by Crippen LogP contribution is -2.35. The molecule has 0 aliphatic heterocycles. The van der Waals surface area contributed by atoms with Crippen LogP contribution in [0.4, 0.5) is 4.79 Å². The predicted octanol–water partition coefficient (Wildman–Crippen LogP) is 6.48. The fraction of sp³-hybridized carbons (Fsp3) is 0.407. The van der Waals surface area contributed by atoms with Crippen molar-refractivity contribution >= 4 is 35.4 Å². The highest BCUT2D eigenvalue weighted by Crippen LogP contribution is 2.29. The number of ether oxygens (including phenoxy) is 3. The molecule has 0 aliphatic rings. The first-order valence-electron chi connectivity index (χ1n) is 11.7. The molecule has 0 saturated carbocycles. The first kappa shape index (κ1) is 28.6. The fourth-order valence-electron chi connectivity index (χ4n) is 3.49. The minimum Gasteiger partial charge on any atom is -0.490 e. The van der Waals surface area contributed by atoms with E-state index in [1.807, 2.05) is 36.4 Å². The Morgan fingerprint density at radius 2 is 1.80 bits per heavy atom. The van der Waals surface area contributed by atoms with Gasteiger partial charge in [0.1, 0.15) is 25.1 Å². The van der Waals surface area contributed by atoms with Crippen molar-refractivity contribution < 1.29 is 23.8 Å². The Morgan fingerprint density at radius 3 is 2.40 bits per heavy atom. The quantitative estimate of drug-likeness (QED) is 0.133. The van der Waals surface area contributed by atoms with E-state index in [-0.39, 0.29) is 19.8 Å². The molecule has 0 fully saturated rings. The van der Waals surface area contributed by atoms with Crippen LogP contribution in [0.25, 0.3) is 0 Å². The average molecular weight is 520 g/mol. The van der Waals surface area contributed by atoms with E-state index in [9.17, 15) is 9.59 Å². The zero-order chi connectivity index (χ0) is 25.6. The highest BCUT2D eigenvalue weighted by Gasteiger charge is 2.17. The number of benzene rings is 2. The van der Waals surface area contributed by atoms with Crippen LogP contribution in [0.2, 0.25) is 5.02 Å². The second-order valence-corrected chi connectivity index (χ2v) is 9.76. The Bertz CT molecular complexity index is 934. The van der Waals surface area contributed by atoms with Crippen molar-refractivity contribution in [2.45, 2.75) is 44.1 Å². The van der Waals surface area contributed by atoms with Crippen LogP contribution in [-0.4, -0.2) is 43.7 Å². The van der Waals surface area contributed by atoms with Gasteiger partial charge in [-0.25, -0.2) is 9.59 Å². The summed E-state index contributed by atoms with van der Waals surface area (Å²) in [6, 6.07) is 15.6. The molecule has 35 heavy (non-hydrogen) atoms. The van der Waals surface area contributed by atoms with Crippen LogP contribution in [0.3, 0.4) is 0 Å². The van der Waals surface area contributed by atoms with Gasteiger partial charge in [0.2, 0.25) is 0 Å². The second-order valence-electron chi connectivity index (χ2n) is 8.23. The van der Waals surface area contributed by atoms with Crippen molar-refractivity contribution in [2.75, 3.05) is 25.5 Å². The summed E-state index contributed by atoms with van der Waals surface area (Å²) in [7, 11) is 0. The van der Waals surface area contributed by atoms with E-state index >= 15 is 0 Å². The molecule has 2 aromatic carbocycles. The highest BCUT2D eigenvalue weighted by molar-refractivity contribution is 7.99. The van der Waals surface area contributed by atoms with E-state index in [1.165, 1.54) is 17.3 Å². The number of alkyl carbamates (subject to hydrolysis) is 1. The monoisotopic (exact) mass is 519 g/mol. The molecule has 2 unspecified atom stereocenters. The van der Waals surface area contributed by atoms with Gasteiger partial charge in [0.05, 0.1) is 6.54 Å². The normalized spacial score (nSPS) is 12.5. The molecule has 0 spiro atoms. The molecular weight excluding hydrogens is 486 g/mol. The molecule has 0 bridgehead atoms. The number of thioether (sulfide) groups is 1. The lowest BCUT2D eigenvalue weighted by Gasteiger charge is -2.21. The molecule has 190 valence electrons. The number of halogens is 1. The Balaban J connectivity index is 1.94. The van der Waals surface area contributed by atoms with Crippen LogP contribution in [0.15, 0.2) is 66.1 Å². The summed E-state index contributed by atoms with van der Waals surface area (Å²) in [5, 5.41) is 3.24. The van der Waals surface area contributed by atoms with Crippen LogP contribution >= 0.6 is 23.4 Å². The number of hydrogen-bond acceptors (Lipinski definition) is 6. The van der Waals surface area contributed by atoms with Gasteiger partial charge in [-0.15, -0.1) is 11.8 Å². The van der Waals surface area contributed by atoms with Crippen LogP contribution < -0.4 is 10.1 Å². The second kappa shape index (κ2) is 15.4. The molecule has 2 atom stereocenters. The smallest absolute Gasteiger partial charge is 0.407 e. The molecule has 0 radical (unpaired) electrons. The third-order valence-electron chi connectivity index (χ3n) is 5.29. The fourth-order valence-corrected chi connectivity index (χ4v) is 4.48. The molecule has 0 heterocycles. The molecule has 0 saturated heterocycles. The van der Waals surface area contributed by atoms with Gasteiger partial charge >= 0.3 is 12.1 Å². The average Bonchev–Trinajstić information content (AvgIpc) is 2.85. The summed E-state index contributed by atoms with van der Waals surface area (Å²) in [6.45, 7) is 10.3. The summed E-state index contributed by atoms with van der Waals surface area (Å²) in [6.07, 6.45) is 1.03. The minimum atomic E-state index is -0.608. The van der Waals surface area contributed by atoms with Gasteiger partial charge < -0.3 is 19.5 Å². The molecular formula is C27H34ClNO5S. The van der Waals surface area contributed by atoms with Gasteiger partial charge in [-0.05, 0) is 60.2 Å². The third kappa shape index (κ3) is 10.7. The van der Waals surface area contributed by atoms with Crippen LogP contribution in [0.1, 0.15) is 38.7 Å². The first-order chi connectivity index (χ1) is 16.8. The van der Waals surface area contributed by atoms with Crippen molar-refractivity contribution in [2.24, 2.45) is 5.92 Å². The van der Waals surface area contributed by atoms with Gasteiger partial charge in [0, 0.05) is 21.7 Å². The lowest BCUT2D eigenvalue weighted by atomic mass is 9.86. The maximum atomic E-state index is 12.3. The Kier molecular flexibility index (Phi) is 12.6. The summed E-state index contributed by atoms with van der Waals surface area (Å²) in [5.74, 6) is 1.73. The van der Waals surface area contributed by atoms with Gasteiger partial charge in [0.15, 0.2) is 0 Å². The maximum absolute atomic E-state index is 12.3. The number of hydrogen-bond donors (Lipinski definition) is 1. The number of rotatable bonds is 14. The van der Waals surface area contributed by atoms with Gasteiger partial charge in [0.25, 0.3) is 0 Å². The van der Waals surface area contributed by atoms with Crippen molar-refractivity contribution in [1.82, 2.24) is 5.32 Å². The van der Waals surface area contributed by atoms with Crippen molar-refractivity contribution in [3.8, 4) is 5.75 Å². The van der Waals surface area contributed by atoms with Gasteiger partial charge in [-0.2, -0.15) is 0 Å². The maximum Gasteiger partial charge on any atom is 0.407 e. The van der Waals surface area contributed by atoms with E-state index in [0.717, 1.165) is 17.4 Å². The molecule has 1 amide bonds. The molecule has 2 rings (SSSR count). The standard InChI is InChI=1S/C27H34ClNO5S/c1-5-25(19(3)4)20-7-11-22(12-8-20)33-17-23(18-35-24-13-9-21(28)10-14-24)34-27(31)29-15-16-32-26(30)6-2/h6-14,19,23,25H,2,5,15-18H2,1,3-4H3,(H,29,31). The van der Waals surface area contributed by atoms with E-state index in [1.54, 1.807) is 0 Å². The largest absolute Gasteiger partial charge is 0.490 e. The van der Waals surface area contributed by atoms with E-state index in [0.29, 0.717) is 28.4 Å². The molecule has 0 aromatic heterocycles. The number of carbonyl (C=O) groups excluding carboxylic acids is 2. The summed E-state index contributed by atoms with van der Waals surface area (Å²) >= 11 is 7.50. The van der Waals surface area contributed by atoms with Gasteiger partial charge in [-0.1, -0.05) is 51.1 Å². The van der Waals surface area contributed by atoms with Crippen molar-refractivity contribution in [3.63, 3.8) is 0 Å². The van der Waals surface area contributed by atoms with Crippen LogP contribution in [-0.2, 0) is 14.3 Å². The number of nitrogens with one attached hydrogen (secondary N) is 1.